The van der Waals surface area contributed by atoms with E-state index in [4.69, 9.17) is 45.0 Å². The van der Waals surface area contributed by atoms with Gasteiger partial charge in [0.2, 0.25) is 11.0 Å². The van der Waals surface area contributed by atoms with Gasteiger partial charge < -0.3 is 14.5 Å². The number of amides is 1. The number of fused-ring (bicyclic) bond motifs is 1. The number of pyridine rings is 1. The Morgan fingerprint density at radius 2 is 2.04 bits per heavy atom. The fraction of sp³-hybridized carbons (Fsp3) is 0.278. The lowest BCUT2D eigenvalue weighted by molar-refractivity contribution is -0.143. The van der Waals surface area contributed by atoms with E-state index in [9.17, 15) is 9.18 Å². The second-order valence-corrected chi connectivity index (χ2v) is 7.50. The zero-order valence-corrected chi connectivity index (χ0v) is 16.7. The minimum atomic E-state index is -0.759. The molecule has 1 aromatic carbocycles. The molecule has 3 heterocycles. The van der Waals surface area contributed by atoms with Gasteiger partial charge in [0, 0.05) is 24.9 Å². The molecule has 0 bridgehead atoms. The molecule has 4 rings (SSSR count). The van der Waals surface area contributed by atoms with Crippen LogP contribution < -0.4 is 9.57 Å². The van der Waals surface area contributed by atoms with Gasteiger partial charge in [0.05, 0.1) is 5.02 Å². The second kappa shape index (κ2) is 7.69. The maximum absolute atomic E-state index is 14.4. The van der Waals surface area contributed by atoms with Crippen LogP contribution in [0.25, 0.3) is 0 Å². The highest BCUT2D eigenvalue weighted by atomic mass is 35.5. The predicted octanol–water partition coefficient (Wildman–Crippen LogP) is 4.60. The quantitative estimate of drug-likeness (QED) is 0.646. The van der Waals surface area contributed by atoms with E-state index in [1.165, 1.54) is 12.3 Å². The van der Waals surface area contributed by atoms with Crippen LogP contribution in [0.3, 0.4) is 0 Å². The van der Waals surface area contributed by atoms with Gasteiger partial charge in [0.15, 0.2) is 17.3 Å². The molecule has 1 amide bonds. The lowest BCUT2D eigenvalue weighted by Gasteiger charge is -2.27. The number of piperidine rings is 1. The molecule has 10 heteroatoms. The largest absolute Gasteiger partial charge is 0.436 e. The SMILES string of the molecule is O=C1[C@H]2CCCCN2C(=S)N1Oc1cc(Oc2ncccc2Cl)c(Cl)cc1F. The van der Waals surface area contributed by atoms with Gasteiger partial charge >= 0.3 is 0 Å². The first-order valence-electron chi connectivity index (χ1n) is 8.55. The number of thiocarbonyl (C=S) groups is 1. The van der Waals surface area contributed by atoms with E-state index >= 15 is 0 Å². The molecule has 2 aliphatic heterocycles. The van der Waals surface area contributed by atoms with Gasteiger partial charge in [-0.15, -0.1) is 5.06 Å². The number of halogens is 3. The van der Waals surface area contributed by atoms with E-state index in [0.717, 1.165) is 24.0 Å². The molecule has 28 heavy (non-hydrogen) atoms. The number of carbonyl (C=O) groups is 1. The number of hydrogen-bond donors (Lipinski definition) is 0. The average molecular weight is 442 g/mol. The Balaban J connectivity index is 1.61. The number of benzene rings is 1. The molecule has 0 aliphatic carbocycles. The minimum absolute atomic E-state index is 0.000635. The van der Waals surface area contributed by atoms with E-state index in [-0.39, 0.29) is 44.5 Å². The van der Waals surface area contributed by atoms with Crippen LogP contribution in [-0.2, 0) is 4.79 Å². The first kappa shape index (κ1) is 19.2. The third-order valence-electron chi connectivity index (χ3n) is 4.51. The van der Waals surface area contributed by atoms with Crippen LogP contribution in [0.4, 0.5) is 4.39 Å². The monoisotopic (exact) mass is 441 g/mol. The van der Waals surface area contributed by atoms with E-state index in [1.807, 2.05) is 0 Å². The van der Waals surface area contributed by atoms with Gasteiger partial charge in [0.25, 0.3) is 5.91 Å². The Kier molecular flexibility index (Phi) is 5.27. The lowest BCUT2D eigenvalue weighted by Crippen LogP contribution is -2.39. The molecule has 0 radical (unpaired) electrons. The molecular weight excluding hydrogens is 428 g/mol. The molecule has 0 N–H and O–H groups in total. The molecule has 1 atom stereocenters. The summed E-state index contributed by atoms with van der Waals surface area (Å²) < 4.78 is 20.0. The van der Waals surface area contributed by atoms with Crippen LogP contribution in [0.5, 0.6) is 17.4 Å². The van der Waals surface area contributed by atoms with Gasteiger partial charge in [-0.2, -0.15) is 0 Å². The van der Waals surface area contributed by atoms with Crippen molar-refractivity contribution in [2.24, 2.45) is 0 Å². The summed E-state index contributed by atoms with van der Waals surface area (Å²) in [4.78, 5) is 23.9. The number of hydroxylamine groups is 2. The standard InChI is InChI=1S/C18H14Cl2FN3O3S/c19-10-4-3-6-22-16(10)26-14-9-15(12(21)8-11(14)20)27-24-17(25)13-5-1-2-7-23(13)18(24)28/h3-4,6,8-9,13H,1-2,5,7H2/t13-/m1/s1. The van der Waals surface area contributed by atoms with E-state index in [1.54, 1.807) is 17.0 Å². The average Bonchev–Trinajstić information content (AvgIpc) is 2.92. The predicted molar refractivity (Wildman–Crippen MR) is 105 cm³/mol. The van der Waals surface area contributed by atoms with Crippen molar-refractivity contribution in [2.45, 2.75) is 25.3 Å². The Morgan fingerprint density at radius 3 is 2.79 bits per heavy atom. The number of carbonyl (C=O) groups excluding carboxylic acids is 1. The van der Waals surface area contributed by atoms with Crippen LogP contribution >= 0.6 is 35.4 Å². The number of hydrogen-bond acceptors (Lipinski definition) is 5. The third-order valence-corrected chi connectivity index (χ3v) is 5.50. The summed E-state index contributed by atoms with van der Waals surface area (Å²) in [7, 11) is 0. The molecule has 0 unspecified atom stereocenters. The Labute approximate surface area is 175 Å². The topological polar surface area (TPSA) is 54.9 Å². The molecular formula is C18H14Cl2FN3O3S. The van der Waals surface area contributed by atoms with Crippen LogP contribution in [-0.4, -0.2) is 38.6 Å². The smallest absolute Gasteiger partial charge is 0.285 e. The second-order valence-electron chi connectivity index (χ2n) is 6.32. The fourth-order valence-corrected chi connectivity index (χ4v) is 3.85. The normalized spacial score (nSPS) is 19.0. The number of ether oxygens (including phenoxy) is 1. The van der Waals surface area contributed by atoms with Gasteiger partial charge in [-0.25, -0.2) is 9.37 Å². The highest BCUT2D eigenvalue weighted by molar-refractivity contribution is 7.80. The van der Waals surface area contributed by atoms with Gasteiger partial charge in [-0.3, -0.25) is 4.79 Å². The molecule has 0 spiro atoms. The van der Waals surface area contributed by atoms with Crippen LogP contribution in [0, 0.1) is 5.82 Å². The summed E-state index contributed by atoms with van der Waals surface area (Å²) in [5, 5.41) is 1.44. The molecule has 2 saturated heterocycles. The Morgan fingerprint density at radius 1 is 1.21 bits per heavy atom. The summed E-state index contributed by atoms with van der Waals surface area (Å²) in [5.41, 5.74) is 0. The van der Waals surface area contributed by atoms with Gasteiger partial charge in [0.1, 0.15) is 11.1 Å². The van der Waals surface area contributed by atoms with Crippen molar-refractivity contribution in [3.05, 3.63) is 46.3 Å². The van der Waals surface area contributed by atoms with Crippen molar-refractivity contribution in [1.82, 2.24) is 14.9 Å². The molecule has 2 aliphatic rings. The van der Waals surface area contributed by atoms with E-state index in [2.05, 4.69) is 4.98 Å². The summed E-state index contributed by atoms with van der Waals surface area (Å²) >= 11 is 17.4. The molecule has 2 aromatic rings. The summed E-state index contributed by atoms with van der Waals surface area (Å²) in [6, 6.07) is 5.14. The van der Waals surface area contributed by atoms with Crippen LogP contribution in [0.1, 0.15) is 19.3 Å². The van der Waals surface area contributed by atoms with E-state index in [0.29, 0.717) is 13.0 Å². The van der Waals surface area contributed by atoms with Crippen molar-refractivity contribution in [3.8, 4) is 17.4 Å². The van der Waals surface area contributed by atoms with E-state index < -0.39 is 5.82 Å². The first-order chi connectivity index (χ1) is 13.5. The van der Waals surface area contributed by atoms with Crippen LogP contribution in [0.2, 0.25) is 10.0 Å². The maximum atomic E-state index is 14.4. The highest BCUT2D eigenvalue weighted by Gasteiger charge is 2.45. The first-order valence-corrected chi connectivity index (χ1v) is 9.72. The van der Waals surface area contributed by atoms with Crippen molar-refractivity contribution >= 4 is 46.4 Å². The molecule has 1 aromatic heterocycles. The fourth-order valence-electron chi connectivity index (χ4n) is 3.16. The zero-order valence-electron chi connectivity index (χ0n) is 14.4. The lowest BCUT2D eigenvalue weighted by atomic mass is 10.0. The van der Waals surface area contributed by atoms with Crippen molar-refractivity contribution < 1.29 is 18.8 Å². The van der Waals surface area contributed by atoms with Crippen LogP contribution in [0.15, 0.2) is 30.5 Å². The number of nitrogens with zero attached hydrogens (tertiary/aromatic N) is 3. The third kappa shape index (κ3) is 3.47. The Hall–Kier alpha value is -2.16. The zero-order chi connectivity index (χ0) is 19.8. The van der Waals surface area contributed by atoms with Crippen molar-refractivity contribution in [1.29, 1.82) is 0 Å². The summed E-state index contributed by atoms with van der Waals surface area (Å²) in [6.45, 7) is 0.671. The van der Waals surface area contributed by atoms with Gasteiger partial charge in [-0.1, -0.05) is 23.2 Å². The van der Waals surface area contributed by atoms with Gasteiger partial charge in [-0.05, 0) is 43.6 Å². The molecule has 146 valence electrons. The minimum Gasteiger partial charge on any atom is -0.436 e. The van der Waals surface area contributed by atoms with Crippen molar-refractivity contribution in [2.75, 3.05) is 6.54 Å². The number of aromatic nitrogens is 1. The number of rotatable bonds is 4. The molecule has 6 nitrogen and oxygen atoms in total. The summed E-state index contributed by atoms with van der Waals surface area (Å²) in [6.07, 6.45) is 4.05. The molecule has 2 fully saturated rings. The molecule has 0 saturated carbocycles. The van der Waals surface area contributed by atoms with Crippen molar-refractivity contribution in [3.63, 3.8) is 0 Å². The maximum Gasteiger partial charge on any atom is 0.285 e. The highest BCUT2D eigenvalue weighted by Crippen LogP contribution is 2.37. The Bertz CT molecular complexity index is 938. The summed E-state index contributed by atoms with van der Waals surface area (Å²) in [5.74, 6) is -1.14.